The number of rotatable bonds is 6. The second-order valence-electron chi connectivity index (χ2n) is 13.1. The molecule has 7 heteroatoms. The molecule has 2 aromatic rings. The lowest BCUT2D eigenvalue weighted by Crippen LogP contribution is -2.46. The van der Waals surface area contributed by atoms with Gasteiger partial charge >= 0.3 is 5.97 Å². The van der Waals surface area contributed by atoms with Crippen LogP contribution in [0.3, 0.4) is 0 Å². The highest BCUT2D eigenvalue weighted by Gasteiger charge is 2.52. The van der Waals surface area contributed by atoms with E-state index in [0.717, 1.165) is 43.0 Å². The first-order chi connectivity index (χ1) is 19.9. The summed E-state index contributed by atoms with van der Waals surface area (Å²) < 4.78 is 37.1. The molecule has 1 saturated carbocycles. The fraction of sp³-hybridized carbons (Fsp3) is 0.559. The summed E-state index contributed by atoms with van der Waals surface area (Å²) in [6, 6.07) is 12.6. The van der Waals surface area contributed by atoms with Gasteiger partial charge in [0.2, 0.25) is 6.79 Å². The smallest absolute Gasteiger partial charge is 0.311 e. The summed E-state index contributed by atoms with van der Waals surface area (Å²) in [4.78, 5) is 15.7. The van der Waals surface area contributed by atoms with Crippen LogP contribution < -0.4 is 14.2 Å². The SMILES string of the molecule is C[C@@H]1CCC[C@@]2(C)C[C@@H]3OC(=O)C(CN4CCC(c5ccc(F)cc5)C(COc5ccc6c(c5)OCO6)C4)[C@@H]3C=C12. The fourth-order valence-electron chi connectivity index (χ4n) is 8.30. The van der Waals surface area contributed by atoms with Crippen molar-refractivity contribution in [2.45, 2.75) is 58.0 Å². The van der Waals surface area contributed by atoms with Crippen molar-refractivity contribution in [3.63, 3.8) is 0 Å². The lowest BCUT2D eigenvalue weighted by atomic mass is 9.59. The largest absolute Gasteiger partial charge is 0.493 e. The van der Waals surface area contributed by atoms with Gasteiger partial charge in [0.1, 0.15) is 17.7 Å². The Hall–Kier alpha value is -3.06. The highest BCUT2D eigenvalue weighted by atomic mass is 19.1. The molecular weight excluding hydrogens is 521 g/mol. The molecule has 0 spiro atoms. The second kappa shape index (κ2) is 10.6. The van der Waals surface area contributed by atoms with E-state index in [1.807, 2.05) is 30.3 Å². The highest BCUT2D eigenvalue weighted by Crippen LogP contribution is 2.54. The fourth-order valence-corrected chi connectivity index (χ4v) is 8.30. The molecule has 6 nitrogen and oxygen atoms in total. The van der Waals surface area contributed by atoms with Crippen LogP contribution in [-0.4, -0.2) is 50.0 Å². The van der Waals surface area contributed by atoms with Gasteiger partial charge in [-0.1, -0.05) is 44.1 Å². The van der Waals surface area contributed by atoms with Gasteiger partial charge in [0.15, 0.2) is 11.5 Å². The van der Waals surface area contributed by atoms with Crippen LogP contribution in [0.25, 0.3) is 0 Å². The highest BCUT2D eigenvalue weighted by molar-refractivity contribution is 5.76. The van der Waals surface area contributed by atoms with E-state index >= 15 is 0 Å². The Morgan fingerprint density at radius 3 is 2.78 bits per heavy atom. The molecule has 5 aliphatic rings. The van der Waals surface area contributed by atoms with Crippen molar-refractivity contribution in [3.05, 3.63) is 65.5 Å². The van der Waals surface area contributed by atoms with Crippen molar-refractivity contribution in [2.75, 3.05) is 33.0 Å². The molecule has 2 aliphatic carbocycles. The van der Waals surface area contributed by atoms with Gasteiger partial charge < -0.3 is 23.8 Å². The van der Waals surface area contributed by atoms with Gasteiger partial charge in [-0.15, -0.1) is 0 Å². The number of allylic oxidation sites excluding steroid dienone is 1. The molecule has 3 unspecified atom stereocenters. The number of halogens is 1. The number of fused-ring (bicyclic) bond motifs is 3. The summed E-state index contributed by atoms with van der Waals surface area (Å²) in [5.41, 5.74) is 2.85. The first kappa shape index (κ1) is 26.8. The molecule has 0 aromatic heterocycles. The molecule has 41 heavy (non-hydrogen) atoms. The molecule has 218 valence electrons. The monoisotopic (exact) mass is 561 g/mol. The topological polar surface area (TPSA) is 57.2 Å². The van der Waals surface area contributed by atoms with Crippen molar-refractivity contribution < 1.29 is 28.1 Å². The van der Waals surface area contributed by atoms with Crippen LogP contribution in [0.5, 0.6) is 17.2 Å². The third kappa shape index (κ3) is 5.11. The summed E-state index contributed by atoms with van der Waals surface area (Å²) >= 11 is 0. The molecule has 0 amide bonds. The standard InChI is InChI=1S/C34H40FNO5/c1-21-4-3-12-34(2)16-32-27(15-29(21)34)28(33(37)41-32)18-36-13-11-26(22-5-7-24(35)8-6-22)23(17-36)19-38-25-9-10-30-31(14-25)40-20-39-30/h5-10,14-15,21,23,26-28,32H,3-4,11-13,16-20H2,1-2H3/t21-,23?,26?,27+,28?,32+,34+/m1/s1. The van der Waals surface area contributed by atoms with Gasteiger partial charge in [-0.2, -0.15) is 0 Å². The lowest BCUT2D eigenvalue weighted by Gasteiger charge is -2.46. The average Bonchev–Trinajstić information content (AvgIpc) is 3.54. The van der Waals surface area contributed by atoms with Crippen LogP contribution in [0.15, 0.2) is 54.1 Å². The summed E-state index contributed by atoms with van der Waals surface area (Å²) in [7, 11) is 0. The lowest BCUT2D eigenvalue weighted by molar-refractivity contribution is -0.145. The van der Waals surface area contributed by atoms with Crippen molar-refractivity contribution >= 4 is 5.97 Å². The van der Waals surface area contributed by atoms with Crippen molar-refractivity contribution in [1.82, 2.24) is 4.90 Å². The van der Waals surface area contributed by atoms with E-state index in [1.54, 1.807) is 17.7 Å². The van der Waals surface area contributed by atoms with E-state index in [4.69, 9.17) is 18.9 Å². The Balaban J connectivity index is 1.08. The van der Waals surface area contributed by atoms with E-state index in [0.29, 0.717) is 24.8 Å². The van der Waals surface area contributed by atoms with Crippen LogP contribution in [0.4, 0.5) is 4.39 Å². The molecule has 0 N–H and O–H groups in total. The number of carbonyl (C=O) groups excluding carboxylic acids is 1. The first-order valence-corrected chi connectivity index (χ1v) is 15.3. The molecule has 7 rings (SSSR count). The molecular formula is C34H40FNO5. The van der Waals surface area contributed by atoms with E-state index in [2.05, 4.69) is 24.8 Å². The number of benzene rings is 2. The summed E-state index contributed by atoms with van der Waals surface area (Å²) in [6.45, 7) is 7.85. The van der Waals surface area contributed by atoms with Crippen LogP contribution in [0.2, 0.25) is 0 Å². The molecule has 3 fully saturated rings. The zero-order valence-corrected chi connectivity index (χ0v) is 24.0. The Kier molecular flexibility index (Phi) is 6.96. The maximum Gasteiger partial charge on any atom is 0.311 e. The van der Waals surface area contributed by atoms with Crippen molar-refractivity contribution in [3.8, 4) is 17.2 Å². The normalized spacial score (nSPS) is 34.4. The Bertz CT molecular complexity index is 1330. The van der Waals surface area contributed by atoms with Crippen LogP contribution in [0.1, 0.15) is 57.4 Å². The van der Waals surface area contributed by atoms with E-state index in [9.17, 15) is 9.18 Å². The first-order valence-electron chi connectivity index (χ1n) is 15.3. The molecule has 2 saturated heterocycles. The Labute approximate surface area is 241 Å². The van der Waals surface area contributed by atoms with Gasteiger partial charge in [0, 0.05) is 31.0 Å². The summed E-state index contributed by atoms with van der Waals surface area (Å²) in [5.74, 6) is 2.92. The number of likely N-dealkylation sites (tertiary alicyclic amines) is 1. The minimum absolute atomic E-state index is 0.00607. The summed E-state index contributed by atoms with van der Waals surface area (Å²) in [6.07, 6.45) is 7.99. The number of esters is 1. The molecule has 7 atom stereocenters. The number of hydrogen-bond donors (Lipinski definition) is 0. The van der Waals surface area contributed by atoms with Gasteiger partial charge in [0.05, 0.1) is 12.5 Å². The number of carbonyl (C=O) groups is 1. The molecule has 2 aromatic carbocycles. The second-order valence-corrected chi connectivity index (χ2v) is 13.1. The molecule has 3 heterocycles. The van der Waals surface area contributed by atoms with Gasteiger partial charge in [0.25, 0.3) is 0 Å². The number of hydrogen-bond acceptors (Lipinski definition) is 6. The van der Waals surface area contributed by atoms with E-state index in [1.165, 1.54) is 19.3 Å². The van der Waals surface area contributed by atoms with Gasteiger partial charge in [-0.05, 0) is 79.3 Å². The molecule has 0 bridgehead atoms. The number of ether oxygens (including phenoxy) is 4. The van der Waals surface area contributed by atoms with Gasteiger partial charge in [-0.3, -0.25) is 4.79 Å². The molecule has 3 aliphatic heterocycles. The summed E-state index contributed by atoms with van der Waals surface area (Å²) in [5, 5.41) is 0. The number of piperidine rings is 1. The van der Waals surface area contributed by atoms with Crippen LogP contribution >= 0.6 is 0 Å². The van der Waals surface area contributed by atoms with Gasteiger partial charge in [-0.25, -0.2) is 4.39 Å². The van der Waals surface area contributed by atoms with Crippen LogP contribution in [-0.2, 0) is 9.53 Å². The quantitative estimate of drug-likeness (QED) is 0.303. The zero-order chi connectivity index (χ0) is 28.1. The van der Waals surface area contributed by atoms with Crippen LogP contribution in [0, 0.1) is 34.9 Å². The third-order valence-corrected chi connectivity index (χ3v) is 10.5. The predicted molar refractivity (Wildman–Crippen MR) is 152 cm³/mol. The van der Waals surface area contributed by atoms with E-state index < -0.39 is 0 Å². The molecule has 0 radical (unpaired) electrons. The Morgan fingerprint density at radius 1 is 1.10 bits per heavy atom. The average molecular weight is 562 g/mol. The predicted octanol–water partition coefficient (Wildman–Crippen LogP) is 6.35. The number of nitrogens with zero attached hydrogens (tertiary/aromatic N) is 1. The minimum atomic E-state index is -0.223. The third-order valence-electron chi connectivity index (χ3n) is 10.5. The maximum absolute atomic E-state index is 13.7. The zero-order valence-electron chi connectivity index (χ0n) is 24.0. The van der Waals surface area contributed by atoms with E-state index in [-0.39, 0.29) is 53.8 Å². The minimum Gasteiger partial charge on any atom is -0.493 e. The van der Waals surface area contributed by atoms with Crippen molar-refractivity contribution in [2.24, 2.45) is 29.1 Å². The maximum atomic E-state index is 13.7. The Morgan fingerprint density at radius 2 is 1.93 bits per heavy atom. The van der Waals surface area contributed by atoms with Crippen molar-refractivity contribution in [1.29, 1.82) is 0 Å².